The zero-order valence-electron chi connectivity index (χ0n) is 13.5. The Bertz CT molecular complexity index is 815. The Morgan fingerprint density at radius 1 is 1.12 bits per heavy atom. The normalized spacial score (nSPS) is 11.9. The number of carbonyl (C=O) groups is 1. The van der Waals surface area contributed by atoms with Crippen molar-refractivity contribution >= 4 is 23.4 Å². The van der Waals surface area contributed by atoms with Gasteiger partial charge in [0.15, 0.2) is 5.82 Å². The number of hydrogen-bond donors (Lipinski definition) is 2. The topological polar surface area (TPSA) is 70.7 Å². The van der Waals surface area contributed by atoms with Crippen molar-refractivity contribution in [2.75, 3.05) is 5.32 Å². The van der Waals surface area contributed by atoms with E-state index in [0.29, 0.717) is 11.0 Å². The van der Waals surface area contributed by atoms with Crippen molar-refractivity contribution in [3.8, 4) is 11.4 Å². The molecule has 24 heavy (non-hydrogen) atoms. The molecule has 5 nitrogen and oxygen atoms in total. The van der Waals surface area contributed by atoms with E-state index < -0.39 is 0 Å². The fourth-order valence-electron chi connectivity index (χ4n) is 2.12. The van der Waals surface area contributed by atoms with Crippen LogP contribution in [0.15, 0.2) is 59.8 Å². The first-order chi connectivity index (χ1) is 11.6. The van der Waals surface area contributed by atoms with Gasteiger partial charge in [-0.05, 0) is 26.0 Å². The van der Waals surface area contributed by atoms with Crippen molar-refractivity contribution in [1.82, 2.24) is 15.2 Å². The van der Waals surface area contributed by atoms with Crippen LogP contribution in [0.1, 0.15) is 12.5 Å². The highest BCUT2D eigenvalue weighted by Crippen LogP contribution is 2.23. The molecule has 0 bridgehead atoms. The van der Waals surface area contributed by atoms with Gasteiger partial charge in [-0.15, -0.1) is 5.10 Å². The van der Waals surface area contributed by atoms with Crippen LogP contribution in [0.2, 0.25) is 0 Å². The lowest BCUT2D eigenvalue weighted by atomic mass is 10.2. The van der Waals surface area contributed by atoms with E-state index in [-0.39, 0.29) is 11.2 Å². The molecular weight excluding hydrogens is 320 g/mol. The minimum atomic E-state index is -0.300. The van der Waals surface area contributed by atoms with Crippen LogP contribution < -0.4 is 5.32 Å². The number of amides is 1. The lowest BCUT2D eigenvalue weighted by Gasteiger charge is -2.10. The molecular formula is C18H18N4OS. The van der Waals surface area contributed by atoms with Gasteiger partial charge in [-0.3, -0.25) is 9.89 Å². The van der Waals surface area contributed by atoms with Gasteiger partial charge >= 0.3 is 0 Å². The van der Waals surface area contributed by atoms with Crippen LogP contribution in [0, 0.1) is 6.92 Å². The van der Waals surface area contributed by atoms with Crippen LogP contribution in [0.5, 0.6) is 0 Å². The van der Waals surface area contributed by atoms with E-state index in [2.05, 4.69) is 20.5 Å². The van der Waals surface area contributed by atoms with Crippen LogP contribution >= 0.6 is 11.8 Å². The van der Waals surface area contributed by atoms with Gasteiger partial charge in [-0.25, -0.2) is 4.98 Å². The highest BCUT2D eigenvalue weighted by molar-refractivity contribution is 8.00. The van der Waals surface area contributed by atoms with Crippen molar-refractivity contribution in [2.45, 2.75) is 24.3 Å². The summed E-state index contributed by atoms with van der Waals surface area (Å²) in [7, 11) is 0. The van der Waals surface area contributed by atoms with Crippen LogP contribution in [-0.4, -0.2) is 26.3 Å². The number of aromatic nitrogens is 3. The number of benzene rings is 2. The highest BCUT2D eigenvalue weighted by atomic mass is 32.2. The Balaban J connectivity index is 1.62. The summed E-state index contributed by atoms with van der Waals surface area (Å²) in [5.41, 5.74) is 2.91. The molecule has 1 heterocycles. The van der Waals surface area contributed by atoms with Gasteiger partial charge in [-0.1, -0.05) is 59.8 Å². The zero-order chi connectivity index (χ0) is 16.9. The number of carbonyl (C=O) groups excluding carboxylic acids is 1. The van der Waals surface area contributed by atoms with Crippen LogP contribution in [0.4, 0.5) is 5.69 Å². The molecule has 1 amide bonds. The number of hydrogen-bond acceptors (Lipinski definition) is 4. The molecule has 1 unspecified atom stereocenters. The SMILES string of the molecule is Cc1ccc(NC(=O)C(C)Sc2n[nH]c(-c3ccccc3)n2)cc1. The second-order valence-electron chi connectivity index (χ2n) is 5.45. The second kappa shape index (κ2) is 7.31. The smallest absolute Gasteiger partial charge is 0.237 e. The molecule has 6 heteroatoms. The largest absolute Gasteiger partial charge is 0.325 e. The monoisotopic (exact) mass is 338 g/mol. The van der Waals surface area contributed by atoms with Crippen LogP contribution in [0.25, 0.3) is 11.4 Å². The maximum Gasteiger partial charge on any atom is 0.237 e. The molecule has 0 aliphatic rings. The first-order valence-electron chi connectivity index (χ1n) is 7.64. The average molecular weight is 338 g/mol. The molecule has 2 N–H and O–H groups in total. The van der Waals surface area contributed by atoms with Gasteiger partial charge in [0.1, 0.15) is 0 Å². The van der Waals surface area contributed by atoms with Gasteiger partial charge in [-0.2, -0.15) is 0 Å². The van der Waals surface area contributed by atoms with Crippen LogP contribution in [-0.2, 0) is 4.79 Å². The molecule has 0 fully saturated rings. The Morgan fingerprint density at radius 3 is 2.54 bits per heavy atom. The van der Waals surface area contributed by atoms with Crippen molar-refractivity contribution in [3.63, 3.8) is 0 Å². The Kier molecular flexibility index (Phi) is 4.96. The Morgan fingerprint density at radius 2 is 1.83 bits per heavy atom. The first kappa shape index (κ1) is 16.3. The average Bonchev–Trinajstić information content (AvgIpc) is 3.06. The number of rotatable bonds is 5. The molecule has 1 aromatic heterocycles. The van der Waals surface area contributed by atoms with Gasteiger partial charge in [0.05, 0.1) is 5.25 Å². The van der Waals surface area contributed by atoms with E-state index >= 15 is 0 Å². The second-order valence-corrected chi connectivity index (χ2v) is 6.76. The maximum atomic E-state index is 12.3. The summed E-state index contributed by atoms with van der Waals surface area (Å²) >= 11 is 1.32. The number of thioether (sulfide) groups is 1. The third-order valence-corrected chi connectivity index (χ3v) is 4.44. The van der Waals surface area contributed by atoms with E-state index in [1.807, 2.05) is 68.4 Å². The van der Waals surface area contributed by atoms with Crippen molar-refractivity contribution < 1.29 is 4.79 Å². The summed E-state index contributed by atoms with van der Waals surface area (Å²) in [6.07, 6.45) is 0. The lowest BCUT2D eigenvalue weighted by Crippen LogP contribution is -2.22. The predicted octanol–water partition coefficient (Wildman–Crippen LogP) is 3.90. The number of nitrogens with zero attached hydrogens (tertiary/aromatic N) is 2. The van der Waals surface area contributed by atoms with Gasteiger partial charge in [0.2, 0.25) is 11.1 Å². The molecule has 1 atom stereocenters. The molecule has 0 saturated heterocycles. The third kappa shape index (κ3) is 4.02. The zero-order valence-corrected chi connectivity index (χ0v) is 14.3. The van der Waals surface area contributed by atoms with E-state index in [4.69, 9.17) is 0 Å². The molecule has 3 aromatic rings. The summed E-state index contributed by atoms with van der Waals surface area (Å²) in [6, 6.07) is 17.5. The molecule has 0 aliphatic carbocycles. The van der Waals surface area contributed by atoms with Gasteiger partial charge in [0.25, 0.3) is 0 Å². The van der Waals surface area contributed by atoms with Crippen molar-refractivity contribution in [1.29, 1.82) is 0 Å². The minimum absolute atomic E-state index is 0.0742. The number of anilines is 1. The Hall–Kier alpha value is -2.60. The summed E-state index contributed by atoms with van der Waals surface area (Å²) in [5.74, 6) is 0.624. The predicted molar refractivity (Wildman–Crippen MR) is 96.9 cm³/mol. The van der Waals surface area contributed by atoms with E-state index in [9.17, 15) is 4.79 Å². The van der Waals surface area contributed by atoms with E-state index in [1.165, 1.54) is 11.8 Å². The van der Waals surface area contributed by atoms with E-state index in [1.54, 1.807) is 0 Å². The Labute approximate surface area is 144 Å². The third-order valence-electron chi connectivity index (χ3n) is 3.48. The summed E-state index contributed by atoms with van der Waals surface area (Å²) in [5, 5.41) is 10.2. The number of H-pyrrole nitrogens is 1. The summed E-state index contributed by atoms with van der Waals surface area (Å²) < 4.78 is 0. The molecule has 0 radical (unpaired) electrons. The van der Waals surface area contributed by atoms with E-state index in [0.717, 1.165) is 16.8 Å². The summed E-state index contributed by atoms with van der Waals surface area (Å²) in [6.45, 7) is 3.85. The number of aromatic amines is 1. The standard InChI is InChI=1S/C18H18N4OS/c1-12-8-10-15(11-9-12)19-17(23)13(2)24-18-20-16(21-22-18)14-6-4-3-5-7-14/h3-11,13H,1-2H3,(H,19,23)(H,20,21,22). The molecule has 0 saturated carbocycles. The fourth-order valence-corrected chi connectivity index (χ4v) is 2.84. The quantitative estimate of drug-likeness (QED) is 0.692. The number of nitrogens with one attached hydrogen (secondary N) is 2. The molecule has 122 valence electrons. The fraction of sp³-hybridized carbons (Fsp3) is 0.167. The highest BCUT2D eigenvalue weighted by Gasteiger charge is 2.17. The lowest BCUT2D eigenvalue weighted by molar-refractivity contribution is -0.115. The van der Waals surface area contributed by atoms with Gasteiger partial charge in [0, 0.05) is 11.3 Å². The molecule has 2 aromatic carbocycles. The first-order valence-corrected chi connectivity index (χ1v) is 8.52. The van der Waals surface area contributed by atoms with Crippen molar-refractivity contribution in [2.24, 2.45) is 0 Å². The van der Waals surface area contributed by atoms with Crippen molar-refractivity contribution in [3.05, 3.63) is 60.2 Å². The maximum absolute atomic E-state index is 12.3. The molecule has 3 rings (SSSR count). The van der Waals surface area contributed by atoms with Crippen LogP contribution in [0.3, 0.4) is 0 Å². The number of aryl methyl sites for hydroxylation is 1. The van der Waals surface area contributed by atoms with Gasteiger partial charge < -0.3 is 5.32 Å². The molecule has 0 spiro atoms. The minimum Gasteiger partial charge on any atom is -0.325 e. The summed E-state index contributed by atoms with van der Waals surface area (Å²) in [4.78, 5) is 16.7. The molecule has 0 aliphatic heterocycles.